The van der Waals surface area contributed by atoms with Crippen molar-refractivity contribution in [3.63, 3.8) is 0 Å². The largest absolute Gasteiger partial charge is 0.251 e. The molecule has 0 N–H and O–H groups in total. The molecular formula is C22H28N2. The van der Waals surface area contributed by atoms with Crippen LogP contribution in [0.25, 0.3) is 0 Å². The molecule has 0 fully saturated rings. The van der Waals surface area contributed by atoms with E-state index in [1.54, 1.807) is 0 Å². The minimum absolute atomic E-state index is 0.939. The smallest absolute Gasteiger partial charge is 0.0692 e. The fourth-order valence-electron chi connectivity index (χ4n) is 2.89. The SMILES string of the molecule is CCCC(=Nc1c(C)cccc1C)C(C)=Nc1c(C)cccc1C. The second-order valence-electron chi connectivity index (χ2n) is 6.49. The Bertz CT molecular complexity index is 742. The number of aliphatic imine (C=N–C) groups is 2. The Balaban J connectivity index is 2.51. The molecule has 2 heteroatoms. The Labute approximate surface area is 146 Å². The zero-order chi connectivity index (χ0) is 17.7. The molecule has 2 rings (SSSR count). The highest BCUT2D eigenvalue weighted by Gasteiger charge is 2.09. The summed E-state index contributed by atoms with van der Waals surface area (Å²) in [6.45, 7) is 12.7. The lowest BCUT2D eigenvalue weighted by molar-refractivity contribution is 0.998. The maximum Gasteiger partial charge on any atom is 0.0692 e. The van der Waals surface area contributed by atoms with Crippen molar-refractivity contribution in [2.75, 3.05) is 0 Å². The Morgan fingerprint density at radius 2 is 1.17 bits per heavy atom. The lowest BCUT2D eigenvalue weighted by Crippen LogP contribution is -2.10. The van der Waals surface area contributed by atoms with Crippen molar-refractivity contribution in [2.45, 2.75) is 54.4 Å². The van der Waals surface area contributed by atoms with Crippen LogP contribution < -0.4 is 0 Å². The number of para-hydroxylation sites is 2. The number of aryl methyl sites for hydroxylation is 4. The van der Waals surface area contributed by atoms with E-state index >= 15 is 0 Å². The summed E-state index contributed by atoms with van der Waals surface area (Å²) in [5.41, 5.74) is 9.08. The van der Waals surface area contributed by atoms with Gasteiger partial charge < -0.3 is 0 Å². The van der Waals surface area contributed by atoms with E-state index in [4.69, 9.17) is 9.98 Å². The van der Waals surface area contributed by atoms with E-state index in [9.17, 15) is 0 Å². The highest BCUT2D eigenvalue weighted by molar-refractivity contribution is 6.42. The summed E-state index contributed by atoms with van der Waals surface area (Å²) in [6.07, 6.45) is 2.00. The normalized spacial score (nSPS) is 12.6. The van der Waals surface area contributed by atoms with E-state index in [1.165, 1.54) is 22.3 Å². The van der Waals surface area contributed by atoms with E-state index in [2.05, 4.69) is 77.9 Å². The molecule has 0 spiro atoms. The van der Waals surface area contributed by atoms with Gasteiger partial charge in [0.05, 0.1) is 22.8 Å². The Hall–Kier alpha value is -2.22. The first-order valence-electron chi connectivity index (χ1n) is 8.69. The highest BCUT2D eigenvalue weighted by atomic mass is 14.8. The fraction of sp³-hybridized carbons (Fsp3) is 0.364. The van der Waals surface area contributed by atoms with Crippen LogP contribution in [0.1, 0.15) is 48.9 Å². The van der Waals surface area contributed by atoms with Crippen LogP contribution in [0.3, 0.4) is 0 Å². The van der Waals surface area contributed by atoms with Crippen molar-refractivity contribution in [1.82, 2.24) is 0 Å². The molecule has 24 heavy (non-hydrogen) atoms. The summed E-state index contributed by atoms with van der Waals surface area (Å²) < 4.78 is 0. The summed E-state index contributed by atoms with van der Waals surface area (Å²) >= 11 is 0. The third kappa shape index (κ3) is 4.19. The van der Waals surface area contributed by atoms with Crippen molar-refractivity contribution in [2.24, 2.45) is 9.98 Å². The fourth-order valence-corrected chi connectivity index (χ4v) is 2.89. The van der Waals surface area contributed by atoms with Crippen molar-refractivity contribution >= 4 is 22.8 Å². The predicted octanol–water partition coefficient (Wildman–Crippen LogP) is 6.59. The van der Waals surface area contributed by atoms with Gasteiger partial charge in [-0.1, -0.05) is 49.7 Å². The summed E-state index contributed by atoms with van der Waals surface area (Å²) in [5.74, 6) is 0. The van der Waals surface area contributed by atoms with Gasteiger partial charge in [0.2, 0.25) is 0 Å². The second-order valence-corrected chi connectivity index (χ2v) is 6.49. The van der Waals surface area contributed by atoms with E-state index in [1.807, 2.05) is 0 Å². The first kappa shape index (κ1) is 18.1. The van der Waals surface area contributed by atoms with Crippen LogP contribution in [-0.2, 0) is 0 Å². The van der Waals surface area contributed by atoms with Crippen molar-refractivity contribution in [1.29, 1.82) is 0 Å². The third-order valence-corrected chi connectivity index (χ3v) is 4.31. The molecule has 2 aromatic rings. The lowest BCUT2D eigenvalue weighted by atomic mass is 10.1. The van der Waals surface area contributed by atoms with Crippen LogP contribution >= 0.6 is 0 Å². The second kappa shape index (κ2) is 8.05. The lowest BCUT2D eigenvalue weighted by Gasteiger charge is -2.11. The molecule has 0 saturated carbocycles. The summed E-state index contributed by atoms with van der Waals surface area (Å²) in [4.78, 5) is 9.91. The number of nitrogens with zero attached hydrogens (tertiary/aromatic N) is 2. The molecule has 0 atom stereocenters. The van der Waals surface area contributed by atoms with E-state index in [0.717, 1.165) is 35.6 Å². The molecule has 0 aromatic heterocycles. The van der Waals surface area contributed by atoms with Gasteiger partial charge in [-0.3, -0.25) is 9.98 Å². The maximum atomic E-state index is 4.99. The first-order valence-corrected chi connectivity index (χ1v) is 8.69. The monoisotopic (exact) mass is 320 g/mol. The third-order valence-electron chi connectivity index (χ3n) is 4.31. The van der Waals surface area contributed by atoms with Gasteiger partial charge in [0, 0.05) is 0 Å². The zero-order valence-electron chi connectivity index (χ0n) is 15.8. The number of hydrogen-bond acceptors (Lipinski definition) is 2. The highest BCUT2D eigenvalue weighted by Crippen LogP contribution is 2.26. The molecule has 0 saturated heterocycles. The van der Waals surface area contributed by atoms with E-state index in [0.29, 0.717) is 0 Å². The average Bonchev–Trinajstić information content (AvgIpc) is 2.53. The standard InChI is InChI=1S/C22H28N2/c1-7-10-20(24-22-17(4)13-9-14-18(22)5)19(6)23-21-15(2)11-8-12-16(21)3/h8-9,11-14H,7,10H2,1-6H3. The molecule has 126 valence electrons. The van der Waals surface area contributed by atoms with Gasteiger partial charge in [0.15, 0.2) is 0 Å². The molecule has 0 aliphatic heterocycles. The summed E-state index contributed by atoms with van der Waals surface area (Å²) in [5, 5.41) is 0. The molecule has 0 amide bonds. The molecule has 0 aliphatic carbocycles. The van der Waals surface area contributed by atoms with Gasteiger partial charge in [-0.25, -0.2) is 0 Å². The molecule has 0 aliphatic rings. The van der Waals surface area contributed by atoms with Crippen LogP contribution in [0.4, 0.5) is 11.4 Å². The van der Waals surface area contributed by atoms with Gasteiger partial charge in [-0.2, -0.15) is 0 Å². The molecule has 2 aromatic carbocycles. The van der Waals surface area contributed by atoms with Crippen LogP contribution in [0.15, 0.2) is 46.4 Å². The maximum absolute atomic E-state index is 4.99. The van der Waals surface area contributed by atoms with Crippen LogP contribution in [0, 0.1) is 27.7 Å². The predicted molar refractivity (Wildman–Crippen MR) is 107 cm³/mol. The van der Waals surface area contributed by atoms with Gasteiger partial charge in [0.1, 0.15) is 0 Å². The number of hydrogen-bond donors (Lipinski definition) is 0. The minimum atomic E-state index is 0.939. The van der Waals surface area contributed by atoms with E-state index in [-0.39, 0.29) is 0 Å². The van der Waals surface area contributed by atoms with Gasteiger partial charge in [-0.05, 0) is 63.3 Å². The van der Waals surface area contributed by atoms with Crippen LogP contribution in [0.5, 0.6) is 0 Å². The van der Waals surface area contributed by atoms with Crippen LogP contribution in [0.2, 0.25) is 0 Å². The quantitative estimate of drug-likeness (QED) is 0.555. The van der Waals surface area contributed by atoms with Crippen molar-refractivity contribution < 1.29 is 0 Å². The Morgan fingerprint density at radius 3 is 1.58 bits per heavy atom. The summed E-state index contributed by atoms with van der Waals surface area (Å²) in [7, 11) is 0. The summed E-state index contributed by atoms with van der Waals surface area (Å²) in [6, 6.07) is 12.6. The zero-order valence-corrected chi connectivity index (χ0v) is 15.8. The van der Waals surface area contributed by atoms with Crippen molar-refractivity contribution in [3.8, 4) is 0 Å². The Kier molecular flexibility index (Phi) is 6.08. The average molecular weight is 320 g/mol. The van der Waals surface area contributed by atoms with Gasteiger partial charge in [-0.15, -0.1) is 0 Å². The Morgan fingerprint density at radius 1 is 0.750 bits per heavy atom. The number of benzene rings is 2. The van der Waals surface area contributed by atoms with Gasteiger partial charge in [0.25, 0.3) is 0 Å². The molecule has 0 bridgehead atoms. The van der Waals surface area contributed by atoms with Crippen LogP contribution in [-0.4, -0.2) is 11.4 Å². The van der Waals surface area contributed by atoms with E-state index < -0.39 is 0 Å². The first-order chi connectivity index (χ1) is 11.4. The minimum Gasteiger partial charge on any atom is -0.251 e. The molecule has 0 radical (unpaired) electrons. The molecular weight excluding hydrogens is 292 g/mol. The molecule has 0 heterocycles. The number of rotatable bonds is 5. The topological polar surface area (TPSA) is 24.7 Å². The van der Waals surface area contributed by atoms with Crippen molar-refractivity contribution in [3.05, 3.63) is 58.7 Å². The molecule has 2 nitrogen and oxygen atoms in total. The van der Waals surface area contributed by atoms with Gasteiger partial charge >= 0.3 is 0 Å². The molecule has 0 unspecified atom stereocenters.